The average Bonchev–Trinajstić information content (AvgIpc) is 3.03. The average molecular weight is 377 g/mol. The molecule has 5 rings (SSSR count). The summed E-state index contributed by atoms with van der Waals surface area (Å²) in [6.45, 7) is 4.31. The van der Waals surface area contributed by atoms with E-state index >= 15 is 0 Å². The number of benzene rings is 4. The third-order valence-corrected chi connectivity index (χ3v) is 5.66. The van der Waals surface area contributed by atoms with Crippen molar-refractivity contribution in [2.24, 2.45) is 0 Å². The van der Waals surface area contributed by atoms with Crippen molar-refractivity contribution in [3.05, 3.63) is 107 Å². The van der Waals surface area contributed by atoms with Gasteiger partial charge < -0.3 is 10.3 Å². The molecule has 142 valence electrons. The van der Waals surface area contributed by atoms with Crippen molar-refractivity contribution in [3.8, 4) is 5.69 Å². The molecule has 29 heavy (non-hydrogen) atoms. The molecule has 2 heteroatoms. The zero-order chi connectivity index (χ0) is 20.0. The number of nitrogens with two attached hydrogens (primary N) is 1. The van der Waals surface area contributed by atoms with E-state index in [1.165, 1.54) is 49.7 Å². The Morgan fingerprint density at radius 2 is 1.10 bits per heavy atom. The lowest BCUT2D eigenvalue weighted by Gasteiger charge is -2.10. The van der Waals surface area contributed by atoms with Gasteiger partial charge >= 0.3 is 0 Å². The van der Waals surface area contributed by atoms with Crippen molar-refractivity contribution < 1.29 is 0 Å². The summed E-state index contributed by atoms with van der Waals surface area (Å²) in [7, 11) is 0. The Morgan fingerprint density at radius 1 is 0.621 bits per heavy atom. The van der Waals surface area contributed by atoms with Crippen molar-refractivity contribution in [3.63, 3.8) is 0 Å². The minimum atomic E-state index is 0.806. The summed E-state index contributed by atoms with van der Waals surface area (Å²) in [5.41, 5.74) is 15.5. The zero-order valence-electron chi connectivity index (χ0n) is 16.8. The molecule has 0 spiro atoms. The third-order valence-electron chi connectivity index (χ3n) is 5.66. The summed E-state index contributed by atoms with van der Waals surface area (Å²) in [4.78, 5) is 0. The van der Waals surface area contributed by atoms with Gasteiger partial charge in [0.1, 0.15) is 0 Å². The number of aryl methyl sites for hydroxylation is 2. The maximum atomic E-state index is 5.80. The van der Waals surface area contributed by atoms with Crippen LogP contribution in [-0.2, 0) is 6.42 Å². The smallest absolute Gasteiger partial charge is 0.0541 e. The largest absolute Gasteiger partial charge is 0.399 e. The molecule has 2 nitrogen and oxygen atoms in total. The van der Waals surface area contributed by atoms with Crippen LogP contribution in [0.2, 0.25) is 0 Å². The topological polar surface area (TPSA) is 30.9 Å². The number of fused-ring (bicyclic) bond motifs is 3. The van der Waals surface area contributed by atoms with Crippen molar-refractivity contribution in [1.82, 2.24) is 4.57 Å². The SMILES string of the molecule is Cc1ccc2c(c1)c1cc(C)ccc1n2-c1ccc(Cc2ccc(N)cc2)cc1. The van der Waals surface area contributed by atoms with E-state index in [1.54, 1.807) is 0 Å². The molecule has 0 radical (unpaired) electrons. The van der Waals surface area contributed by atoms with E-state index in [0.717, 1.165) is 12.1 Å². The van der Waals surface area contributed by atoms with Gasteiger partial charge in [-0.05, 0) is 79.9 Å². The molecule has 0 fully saturated rings. The van der Waals surface area contributed by atoms with Gasteiger partial charge in [-0.2, -0.15) is 0 Å². The van der Waals surface area contributed by atoms with Gasteiger partial charge in [-0.15, -0.1) is 0 Å². The maximum absolute atomic E-state index is 5.80. The second-order valence-corrected chi connectivity index (χ2v) is 7.96. The highest BCUT2D eigenvalue weighted by Gasteiger charge is 2.12. The normalized spacial score (nSPS) is 11.4. The lowest BCUT2D eigenvalue weighted by molar-refractivity contribution is 1.15. The van der Waals surface area contributed by atoms with Crippen LogP contribution in [0.15, 0.2) is 84.9 Å². The van der Waals surface area contributed by atoms with Crippen LogP contribution in [0, 0.1) is 13.8 Å². The number of nitrogen functional groups attached to an aromatic ring is 1. The molecule has 4 aromatic carbocycles. The summed E-state index contributed by atoms with van der Waals surface area (Å²) in [6.07, 6.45) is 0.909. The minimum Gasteiger partial charge on any atom is -0.399 e. The van der Waals surface area contributed by atoms with Crippen LogP contribution in [0.3, 0.4) is 0 Å². The molecule has 0 amide bonds. The molecular weight excluding hydrogens is 352 g/mol. The number of nitrogens with zero attached hydrogens (tertiary/aromatic N) is 1. The van der Waals surface area contributed by atoms with Crippen molar-refractivity contribution >= 4 is 27.5 Å². The molecule has 0 aliphatic heterocycles. The number of hydrogen-bond acceptors (Lipinski definition) is 1. The first-order valence-electron chi connectivity index (χ1n) is 10.0. The first kappa shape index (κ1) is 17.6. The predicted octanol–water partition coefficient (Wildman–Crippen LogP) is 6.57. The Morgan fingerprint density at radius 3 is 1.62 bits per heavy atom. The molecule has 5 aromatic rings. The lowest BCUT2D eigenvalue weighted by Crippen LogP contribution is -1.95. The van der Waals surface area contributed by atoms with E-state index < -0.39 is 0 Å². The molecule has 1 heterocycles. The Balaban J connectivity index is 1.60. The summed E-state index contributed by atoms with van der Waals surface area (Å²) < 4.78 is 2.37. The monoisotopic (exact) mass is 376 g/mol. The zero-order valence-corrected chi connectivity index (χ0v) is 16.8. The van der Waals surface area contributed by atoms with Gasteiger partial charge in [0.15, 0.2) is 0 Å². The van der Waals surface area contributed by atoms with E-state index in [1.807, 2.05) is 12.1 Å². The fourth-order valence-corrected chi connectivity index (χ4v) is 4.16. The number of aromatic nitrogens is 1. The first-order chi connectivity index (χ1) is 14.1. The van der Waals surface area contributed by atoms with Gasteiger partial charge in [0.05, 0.1) is 11.0 Å². The minimum absolute atomic E-state index is 0.806. The van der Waals surface area contributed by atoms with E-state index in [-0.39, 0.29) is 0 Å². The van der Waals surface area contributed by atoms with E-state index in [2.05, 4.69) is 91.2 Å². The van der Waals surface area contributed by atoms with E-state index in [0.29, 0.717) is 0 Å². The molecule has 0 atom stereocenters. The Labute approximate surface area is 171 Å². The summed E-state index contributed by atoms with van der Waals surface area (Å²) in [5, 5.41) is 2.63. The lowest BCUT2D eigenvalue weighted by atomic mass is 10.0. The second-order valence-electron chi connectivity index (χ2n) is 7.96. The van der Waals surface area contributed by atoms with Crippen LogP contribution in [0.5, 0.6) is 0 Å². The van der Waals surface area contributed by atoms with E-state index in [4.69, 9.17) is 5.73 Å². The highest BCUT2D eigenvalue weighted by Crippen LogP contribution is 2.33. The third kappa shape index (κ3) is 3.17. The Hall–Kier alpha value is -3.52. The van der Waals surface area contributed by atoms with Gasteiger partial charge in [-0.1, -0.05) is 47.5 Å². The van der Waals surface area contributed by atoms with Crippen LogP contribution in [0.4, 0.5) is 5.69 Å². The van der Waals surface area contributed by atoms with Gasteiger partial charge in [-0.3, -0.25) is 0 Å². The number of rotatable bonds is 3. The molecule has 0 saturated carbocycles. The molecule has 0 unspecified atom stereocenters. The molecule has 2 N–H and O–H groups in total. The number of hydrogen-bond donors (Lipinski definition) is 1. The summed E-state index contributed by atoms with van der Waals surface area (Å²) >= 11 is 0. The highest BCUT2D eigenvalue weighted by atomic mass is 15.0. The van der Waals surface area contributed by atoms with Gasteiger partial charge in [0.2, 0.25) is 0 Å². The fraction of sp³-hybridized carbons (Fsp3) is 0.111. The van der Waals surface area contributed by atoms with Crippen molar-refractivity contribution in [2.75, 3.05) is 5.73 Å². The quantitative estimate of drug-likeness (QED) is 0.355. The molecular formula is C27H24N2. The molecule has 0 bridgehead atoms. The standard InChI is InChI=1S/C27H24N2/c1-18-3-13-26-24(15-18)25-16-19(2)4-14-27(25)29(26)23-11-7-21(8-12-23)17-20-5-9-22(28)10-6-20/h3-16H,17,28H2,1-2H3. The second kappa shape index (κ2) is 6.82. The molecule has 1 aromatic heterocycles. The molecule has 0 saturated heterocycles. The molecule has 0 aliphatic carbocycles. The van der Waals surface area contributed by atoms with Crippen LogP contribution in [0.1, 0.15) is 22.3 Å². The highest BCUT2D eigenvalue weighted by molar-refractivity contribution is 6.09. The van der Waals surface area contributed by atoms with Crippen molar-refractivity contribution in [1.29, 1.82) is 0 Å². The van der Waals surface area contributed by atoms with Crippen molar-refractivity contribution in [2.45, 2.75) is 20.3 Å². The van der Waals surface area contributed by atoms with Crippen LogP contribution >= 0.6 is 0 Å². The predicted molar refractivity (Wildman–Crippen MR) is 124 cm³/mol. The van der Waals surface area contributed by atoms with Crippen LogP contribution < -0.4 is 5.73 Å². The maximum Gasteiger partial charge on any atom is 0.0541 e. The van der Waals surface area contributed by atoms with Crippen LogP contribution in [-0.4, -0.2) is 4.57 Å². The first-order valence-corrected chi connectivity index (χ1v) is 10.0. The Kier molecular flexibility index (Phi) is 4.13. The summed E-state index contributed by atoms with van der Waals surface area (Å²) in [5.74, 6) is 0. The van der Waals surface area contributed by atoms with Gasteiger partial charge in [0.25, 0.3) is 0 Å². The fourth-order valence-electron chi connectivity index (χ4n) is 4.16. The molecule has 0 aliphatic rings. The number of anilines is 1. The van der Waals surface area contributed by atoms with Gasteiger partial charge in [-0.25, -0.2) is 0 Å². The van der Waals surface area contributed by atoms with Gasteiger partial charge in [0, 0.05) is 22.1 Å². The van der Waals surface area contributed by atoms with E-state index in [9.17, 15) is 0 Å². The Bertz CT molecular complexity index is 1260. The summed E-state index contributed by atoms with van der Waals surface area (Å²) in [6, 6.07) is 30.5. The van der Waals surface area contributed by atoms with Crippen LogP contribution in [0.25, 0.3) is 27.5 Å².